The standard InChI is InChI=1S/C47H52N2O5/c1-2-19-53-43-18-13-34(24-39(23-32-9-5-3-6-10-32)45(51)49-42(31-54-46(49)52)26-33-11-7-4-8-12-33)25-40(43)30-48-44(50)38-14-16-41(17-15-38)47-27-35-20-36(28-47)22-37(21-35)29-47/h3-18,25,35-37,39,42H,2,19-24,26-31H2,1H3,(H,48,50)/t35?,36?,37?,39-,42+,47?/m1/s1. The maximum atomic E-state index is 14.4. The van der Waals surface area contributed by atoms with Crippen LogP contribution in [0.4, 0.5) is 4.79 Å². The zero-order valence-electron chi connectivity index (χ0n) is 31.4. The van der Waals surface area contributed by atoms with Gasteiger partial charge in [-0.2, -0.15) is 0 Å². The zero-order valence-corrected chi connectivity index (χ0v) is 31.4. The van der Waals surface area contributed by atoms with Crippen LogP contribution in [-0.2, 0) is 40.8 Å². The van der Waals surface area contributed by atoms with Crippen molar-refractivity contribution in [3.63, 3.8) is 0 Å². The molecule has 1 aliphatic heterocycles. The van der Waals surface area contributed by atoms with Crippen LogP contribution in [-0.4, -0.2) is 42.1 Å². The number of carbonyl (C=O) groups excluding carboxylic acids is 3. The van der Waals surface area contributed by atoms with E-state index in [4.69, 9.17) is 9.47 Å². The van der Waals surface area contributed by atoms with Crippen LogP contribution in [0.1, 0.15) is 90.0 Å². The molecule has 4 bridgehead atoms. The van der Waals surface area contributed by atoms with E-state index < -0.39 is 12.0 Å². The van der Waals surface area contributed by atoms with Gasteiger partial charge in [-0.25, -0.2) is 9.69 Å². The summed E-state index contributed by atoms with van der Waals surface area (Å²) in [6.07, 6.45) is 9.84. The molecule has 3 amide bonds. The molecule has 7 heteroatoms. The van der Waals surface area contributed by atoms with E-state index in [1.165, 1.54) is 49.0 Å². The number of rotatable bonds is 14. The minimum absolute atomic E-state index is 0.118. The molecule has 4 aromatic carbocycles. The molecule has 0 spiro atoms. The largest absolute Gasteiger partial charge is 0.493 e. The molecule has 1 saturated heterocycles. The van der Waals surface area contributed by atoms with Gasteiger partial charge in [0.25, 0.3) is 5.91 Å². The Hall–Kier alpha value is -4.91. The highest BCUT2D eigenvalue weighted by molar-refractivity contribution is 5.95. The Labute approximate surface area is 319 Å². The van der Waals surface area contributed by atoms with Gasteiger partial charge in [-0.1, -0.05) is 91.9 Å². The Bertz CT molecular complexity index is 1910. The quantitative estimate of drug-likeness (QED) is 0.141. The average Bonchev–Trinajstić information content (AvgIpc) is 3.55. The van der Waals surface area contributed by atoms with Gasteiger partial charge in [0.15, 0.2) is 0 Å². The fourth-order valence-electron chi connectivity index (χ4n) is 10.4. The molecule has 0 unspecified atom stereocenters. The number of nitrogens with zero attached hydrogens (tertiary/aromatic N) is 1. The molecule has 0 aromatic heterocycles. The van der Waals surface area contributed by atoms with Crippen molar-refractivity contribution in [1.29, 1.82) is 0 Å². The summed E-state index contributed by atoms with van der Waals surface area (Å²) in [7, 11) is 0. The van der Waals surface area contributed by atoms with Gasteiger partial charge in [0.05, 0.1) is 12.6 Å². The first kappa shape index (κ1) is 36.1. The first-order valence-corrected chi connectivity index (χ1v) is 20.1. The van der Waals surface area contributed by atoms with Crippen LogP contribution in [0.25, 0.3) is 0 Å². The maximum absolute atomic E-state index is 14.4. The SMILES string of the molecule is CCCOc1ccc(C[C@@H](Cc2ccccc2)C(=O)N2C(=O)OC[C@@H]2Cc2ccccc2)cc1CNC(=O)c1ccc(C23CC4CC(CC(C4)C2)C3)cc1. The van der Waals surface area contributed by atoms with Crippen molar-refractivity contribution < 1.29 is 23.9 Å². The van der Waals surface area contributed by atoms with E-state index >= 15 is 0 Å². The molecule has 1 heterocycles. The van der Waals surface area contributed by atoms with Crippen molar-refractivity contribution >= 4 is 17.9 Å². The Kier molecular flexibility index (Phi) is 10.6. The minimum Gasteiger partial charge on any atom is -0.493 e. The lowest BCUT2D eigenvalue weighted by Gasteiger charge is -2.57. The molecule has 4 aromatic rings. The molecule has 54 heavy (non-hydrogen) atoms. The first-order chi connectivity index (χ1) is 26.4. The summed E-state index contributed by atoms with van der Waals surface area (Å²) in [6, 6.07) is 33.9. The molecule has 9 rings (SSSR count). The Morgan fingerprint density at radius 3 is 2.09 bits per heavy atom. The third-order valence-electron chi connectivity index (χ3n) is 12.5. The summed E-state index contributed by atoms with van der Waals surface area (Å²) in [6.45, 7) is 3.09. The van der Waals surface area contributed by atoms with E-state index in [1.54, 1.807) is 0 Å². The number of carbonyl (C=O) groups is 3. The number of hydrogen-bond acceptors (Lipinski definition) is 5. The molecule has 1 N–H and O–H groups in total. The third kappa shape index (κ3) is 7.82. The highest BCUT2D eigenvalue weighted by Gasteiger charge is 2.51. The van der Waals surface area contributed by atoms with Gasteiger partial charge in [-0.05, 0) is 128 Å². The highest BCUT2D eigenvalue weighted by atomic mass is 16.6. The van der Waals surface area contributed by atoms with Crippen LogP contribution in [0.3, 0.4) is 0 Å². The highest BCUT2D eigenvalue weighted by Crippen LogP contribution is 2.60. The summed E-state index contributed by atoms with van der Waals surface area (Å²) in [4.78, 5) is 42.3. The zero-order chi connectivity index (χ0) is 37.1. The second-order valence-electron chi connectivity index (χ2n) is 16.5. The monoisotopic (exact) mass is 724 g/mol. The molecular formula is C47H52N2O5. The van der Waals surface area contributed by atoms with E-state index in [0.717, 1.165) is 52.2 Å². The van der Waals surface area contributed by atoms with Crippen LogP contribution in [0.5, 0.6) is 5.75 Å². The predicted molar refractivity (Wildman–Crippen MR) is 209 cm³/mol. The average molecular weight is 725 g/mol. The number of amides is 3. The fraction of sp³-hybridized carbons (Fsp3) is 0.426. The molecule has 5 aliphatic rings. The molecule has 2 atom stereocenters. The topological polar surface area (TPSA) is 84.9 Å². The van der Waals surface area contributed by atoms with Gasteiger partial charge in [0.1, 0.15) is 12.4 Å². The molecule has 280 valence electrons. The second kappa shape index (κ2) is 15.8. The number of nitrogens with one attached hydrogen (secondary N) is 1. The summed E-state index contributed by atoms with van der Waals surface area (Å²) in [5.74, 6) is 2.48. The molecule has 0 radical (unpaired) electrons. The number of benzene rings is 4. The number of ether oxygens (including phenoxy) is 2. The molecule has 7 nitrogen and oxygen atoms in total. The van der Waals surface area contributed by atoms with E-state index in [9.17, 15) is 14.4 Å². The summed E-state index contributed by atoms with van der Waals surface area (Å²) < 4.78 is 11.6. The summed E-state index contributed by atoms with van der Waals surface area (Å²) in [5, 5.41) is 3.15. The van der Waals surface area contributed by atoms with Gasteiger partial charge in [0.2, 0.25) is 5.91 Å². The Morgan fingerprint density at radius 2 is 1.44 bits per heavy atom. The molecule has 5 fully saturated rings. The van der Waals surface area contributed by atoms with E-state index in [1.807, 2.05) is 91.0 Å². The van der Waals surface area contributed by atoms with Crippen LogP contribution >= 0.6 is 0 Å². The summed E-state index contributed by atoms with van der Waals surface area (Å²) >= 11 is 0. The third-order valence-corrected chi connectivity index (χ3v) is 12.5. The predicted octanol–water partition coefficient (Wildman–Crippen LogP) is 8.86. The smallest absolute Gasteiger partial charge is 0.416 e. The lowest BCUT2D eigenvalue weighted by atomic mass is 9.48. The van der Waals surface area contributed by atoms with Gasteiger partial charge < -0.3 is 14.8 Å². The van der Waals surface area contributed by atoms with Gasteiger partial charge >= 0.3 is 6.09 Å². The lowest BCUT2D eigenvalue weighted by Crippen LogP contribution is -2.48. The minimum atomic E-state index is -0.586. The second-order valence-corrected chi connectivity index (χ2v) is 16.5. The van der Waals surface area contributed by atoms with Crippen molar-refractivity contribution in [3.8, 4) is 5.75 Å². The molecule has 4 saturated carbocycles. The number of hydrogen-bond donors (Lipinski definition) is 1. The normalized spacial score (nSPS) is 24.6. The lowest BCUT2D eigenvalue weighted by molar-refractivity contribution is -0.133. The van der Waals surface area contributed by atoms with Crippen molar-refractivity contribution in [2.45, 2.75) is 89.1 Å². The molecule has 4 aliphatic carbocycles. The van der Waals surface area contributed by atoms with E-state index in [-0.39, 0.29) is 31.0 Å². The Morgan fingerprint density at radius 1 is 0.815 bits per heavy atom. The first-order valence-electron chi connectivity index (χ1n) is 20.1. The maximum Gasteiger partial charge on any atom is 0.416 e. The van der Waals surface area contributed by atoms with Gasteiger partial charge in [-0.15, -0.1) is 0 Å². The van der Waals surface area contributed by atoms with Crippen LogP contribution in [0, 0.1) is 23.7 Å². The van der Waals surface area contributed by atoms with Crippen molar-refractivity contribution in [2.24, 2.45) is 23.7 Å². The van der Waals surface area contributed by atoms with Crippen LogP contribution < -0.4 is 10.1 Å². The number of cyclic esters (lactones) is 1. The number of imide groups is 1. The summed E-state index contributed by atoms with van der Waals surface area (Å²) in [5.41, 5.74) is 6.23. The van der Waals surface area contributed by atoms with Crippen molar-refractivity contribution in [1.82, 2.24) is 10.2 Å². The van der Waals surface area contributed by atoms with Crippen molar-refractivity contribution in [2.75, 3.05) is 13.2 Å². The fourth-order valence-corrected chi connectivity index (χ4v) is 10.4. The Balaban J connectivity index is 0.990. The van der Waals surface area contributed by atoms with Gasteiger partial charge in [-0.3, -0.25) is 9.59 Å². The molecular weight excluding hydrogens is 673 g/mol. The van der Waals surface area contributed by atoms with Gasteiger partial charge in [0, 0.05) is 23.6 Å². The van der Waals surface area contributed by atoms with Crippen molar-refractivity contribution in [3.05, 3.63) is 137 Å². The van der Waals surface area contributed by atoms with E-state index in [2.05, 4.69) is 24.4 Å². The van der Waals surface area contributed by atoms with Crippen LogP contribution in [0.2, 0.25) is 0 Å². The van der Waals surface area contributed by atoms with Crippen LogP contribution in [0.15, 0.2) is 103 Å². The van der Waals surface area contributed by atoms with E-state index in [0.29, 0.717) is 36.8 Å².